The Bertz CT molecular complexity index is 415. The summed E-state index contributed by atoms with van der Waals surface area (Å²) in [7, 11) is 0. The van der Waals surface area contributed by atoms with Crippen molar-refractivity contribution in [3.8, 4) is 0 Å². The van der Waals surface area contributed by atoms with Crippen molar-refractivity contribution in [2.75, 3.05) is 32.9 Å². The fourth-order valence-corrected chi connectivity index (χ4v) is 2.72. The van der Waals surface area contributed by atoms with Crippen LogP contribution in [0, 0.1) is 0 Å². The molecule has 23 heavy (non-hydrogen) atoms. The van der Waals surface area contributed by atoms with Crippen LogP contribution in [0.3, 0.4) is 0 Å². The molecule has 1 N–H and O–H groups in total. The van der Waals surface area contributed by atoms with Crippen molar-refractivity contribution in [1.82, 2.24) is 10.2 Å². The normalized spacial score (nSPS) is 24.7. The summed E-state index contributed by atoms with van der Waals surface area (Å²) in [6.07, 6.45) is 2.48. The van der Waals surface area contributed by atoms with Crippen LogP contribution in [-0.2, 0) is 19.0 Å². The molecule has 0 saturated carbocycles. The third-order valence-electron chi connectivity index (χ3n) is 3.82. The molecule has 0 aromatic rings. The van der Waals surface area contributed by atoms with Gasteiger partial charge in [0.2, 0.25) is 5.91 Å². The first-order valence-corrected chi connectivity index (χ1v) is 8.30. The van der Waals surface area contributed by atoms with Crippen LogP contribution in [0.1, 0.15) is 40.0 Å². The molecule has 0 bridgehead atoms. The van der Waals surface area contributed by atoms with Gasteiger partial charge in [-0.1, -0.05) is 0 Å². The number of carbonyl (C=O) groups excluding carboxylic acids is 2. The first kappa shape index (κ1) is 18.0. The molecule has 2 amide bonds. The van der Waals surface area contributed by atoms with Crippen LogP contribution in [0.15, 0.2) is 0 Å². The summed E-state index contributed by atoms with van der Waals surface area (Å²) < 4.78 is 16.1. The maximum absolute atomic E-state index is 12.1. The second-order valence-corrected chi connectivity index (χ2v) is 7.12. The first-order chi connectivity index (χ1) is 10.8. The first-order valence-electron chi connectivity index (χ1n) is 8.30. The van der Waals surface area contributed by atoms with Gasteiger partial charge in [-0.3, -0.25) is 4.79 Å². The summed E-state index contributed by atoms with van der Waals surface area (Å²) >= 11 is 0. The topological polar surface area (TPSA) is 77.1 Å². The average molecular weight is 328 g/mol. The number of nitrogens with one attached hydrogen (secondary N) is 1. The zero-order valence-electron chi connectivity index (χ0n) is 14.3. The van der Waals surface area contributed by atoms with E-state index in [9.17, 15) is 9.59 Å². The summed E-state index contributed by atoms with van der Waals surface area (Å²) in [6.45, 7) is 7.92. The van der Waals surface area contributed by atoms with Crippen molar-refractivity contribution >= 4 is 12.0 Å². The minimum absolute atomic E-state index is 0.0449. The number of alkyl carbamates (subject to hydrolysis) is 1. The summed E-state index contributed by atoms with van der Waals surface area (Å²) in [6, 6.07) is -0.0630. The second-order valence-electron chi connectivity index (χ2n) is 7.12. The molecule has 0 aromatic heterocycles. The Kier molecular flexibility index (Phi) is 6.24. The van der Waals surface area contributed by atoms with Crippen LogP contribution in [-0.4, -0.2) is 67.6 Å². The Labute approximate surface area is 137 Å². The summed E-state index contributed by atoms with van der Waals surface area (Å²) in [5.41, 5.74) is -0.519. The van der Waals surface area contributed by atoms with Gasteiger partial charge in [-0.2, -0.15) is 0 Å². The third-order valence-corrected chi connectivity index (χ3v) is 3.82. The van der Waals surface area contributed by atoms with E-state index in [-0.39, 0.29) is 24.7 Å². The second kappa shape index (κ2) is 7.97. The highest BCUT2D eigenvalue weighted by Crippen LogP contribution is 2.14. The van der Waals surface area contributed by atoms with Gasteiger partial charge in [0.25, 0.3) is 0 Å². The van der Waals surface area contributed by atoms with E-state index in [1.165, 1.54) is 0 Å². The van der Waals surface area contributed by atoms with E-state index in [0.717, 1.165) is 25.9 Å². The van der Waals surface area contributed by atoms with Gasteiger partial charge < -0.3 is 24.4 Å². The number of ether oxygens (including phenoxy) is 3. The zero-order chi connectivity index (χ0) is 16.9. The molecule has 0 spiro atoms. The molecule has 132 valence electrons. The maximum Gasteiger partial charge on any atom is 0.407 e. The standard InChI is InChI=1S/C16H28N2O5/c1-16(2,3)23-15(20)17-12-6-7-18(9-12)14(19)11-21-10-13-5-4-8-22-13/h12-13H,4-11H2,1-3H3,(H,17,20)/t12-,13+/m1/s1. The summed E-state index contributed by atoms with van der Waals surface area (Å²) in [4.78, 5) is 25.6. The lowest BCUT2D eigenvalue weighted by molar-refractivity contribution is -0.136. The number of hydrogen-bond acceptors (Lipinski definition) is 5. The number of rotatable bonds is 5. The Morgan fingerprint density at radius 3 is 2.74 bits per heavy atom. The lowest BCUT2D eigenvalue weighted by Crippen LogP contribution is -2.41. The smallest absolute Gasteiger partial charge is 0.407 e. The van der Waals surface area contributed by atoms with E-state index in [4.69, 9.17) is 14.2 Å². The number of hydrogen-bond donors (Lipinski definition) is 1. The van der Waals surface area contributed by atoms with Crippen LogP contribution in [0.4, 0.5) is 4.79 Å². The largest absolute Gasteiger partial charge is 0.444 e. The van der Waals surface area contributed by atoms with Crippen molar-refractivity contribution in [3.05, 3.63) is 0 Å². The Morgan fingerprint density at radius 2 is 2.09 bits per heavy atom. The maximum atomic E-state index is 12.1. The van der Waals surface area contributed by atoms with Gasteiger partial charge >= 0.3 is 6.09 Å². The fourth-order valence-electron chi connectivity index (χ4n) is 2.72. The number of nitrogens with zero attached hydrogens (tertiary/aromatic N) is 1. The van der Waals surface area contributed by atoms with Crippen LogP contribution < -0.4 is 5.32 Å². The molecule has 2 heterocycles. The van der Waals surface area contributed by atoms with Gasteiger partial charge in [-0.05, 0) is 40.0 Å². The number of carbonyl (C=O) groups is 2. The van der Waals surface area contributed by atoms with Gasteiger partial charge in [0, 0.05) is 19.7 Å². The van der Waals surface area contributed by atoms with Crippen molar-refractivity contribution in [3.63, 3.8) is 0 Å². The van der Waals surface area contributed by atoms with Crippen LogP contribution in [0.25, 0.3) is 0 Å². The van der Waals surface area contributed by atoms with E-state index >= 15 is 0 Å². The van der Waals surface area contributed by atoms with Crippen molar-refractivity contribution in [2.24, 2.45) is 0 Å². The molecule has 2 aliphatic rings. The van der Waals surface area contributed by atoms with Gasteiger partial charge in [0.15, 0.2) is 0 Å². The molecule has 2 fully saturated rings. The monoisotopic (exact) mass is 328 g/mol. The third kappa shape index (κ3) is 6.35. The van der Waals surface area contributed by atoms with E-state index in [0.29, 0.717) is 19.7 Å². The van der Waals surface area contributed by atoms with E-state index in [2.05, 4.69) is 5.32 Å². The number of likely N-dealkylation sites (tertiary alicyclic amines) is 1. The molecular formula is C16H28N2O5. The lowest BCUT2D eigenvalue weighted by Gasteiger charge is -2.22. The van der Waals surface area contributed by atoms with Crippen LogP contribution >= 0.6 is 0 Å². The van der Waals surface area contributed by atoms with Crippen LogP contribution in [0.2, 0.25) is 0 Å². The van der Waals surface area contributed by atoms with E-state index in [1.807, 2.05) is 20.8 Å². The summed E-state index contributed by atoms with van der Waals surface area (Å²) in [5.74, 6) is -0.0449. The molecule has 7 nitrogen and oxygen atoms in total. The van der Waals surface area contributed by atoms with Gasteiger partial charge in [0.1, 0.15) is 12.2 Å². The predicted molar refractivity (Wildman–Crippen MR) is 84.1 cm³/mol. The Balaban J connectivity index is 1.63. The molecule has 2 atom stereocenters. The Morgan fingerprint density at radius 1 is 1.30 bits per heavy atom. The minimum atomic E-state index is -0.519. The molecule has 7 heteroatoms. The summed E-state index contributed by atoms with van der Waals surface area (Å²) in [5, 5.41) is 2.81. The quantitative estimate of drug-likeness (QED) is 0.823. The van der Waals surface area contributed by atoms with Gasteiger partial charge in [-0.15, -0.1) is 0 Å². The highest BCUT2D eigenvalue weighted by Gasteiger charge is 2.29. The van der Waals surface area contributed by atoms with E-state index in [1.54, 1.807) is 4.90 Å². The SMILES string of the molecule is CC(C)(C)OC(=O)N[C@@H]1CCN(C(=O)COC[C@@H]2CCCO2)C1. The van der Waals surface area contributed by atoms with Crippen LogP contribution in [0.5, 0.6) is 0 Å². The molecular weight excluding hydrogens is 300 g/mol. The molecule has 0 unspecified atom stereocenters. The molecule has 0 radical (unpaired) electrons. The molecule has 0 aliphatic carbocycles. The number of amides is 2. The lowest BCUT2D eigenvalue weighted by atomic mass is 10.2. The highest BCUT2D eigenvalue weighted by molar-refractivity contribution is 5.78. The molecule has 0 aromatic carbocycles. The molecule has 2 saturated heterocycles. The average Bonchev–Trinajstić information content (AvgIpc) is 3.07. The highest BCUT2D eigenvalue weighted by atomic mass is 16.6. The Hall–Kier alpha value is -1.34. The van der Waals surface area contributed by atoms with Crippen molar-refractivity contribution < 1.29 is 23.8 Å². The van der Waals surface area contributed by atoms with Gasteiger partial charge in [0.05, 0.1) is 18.8 Å². The fraction of sp³-hybridized carbons (Fsp3) is 0.875. The van der Waals surface area contributed by atoms with E-state index < -0.39 is 11.7 Å². The van der Waals surface area contributed by atoms with Gasteiger partial charge in [-0.25, -0.2) is 4.79 Å². The van der Waals surface area contributed by atoms with Crippen molar-refractivity contribution in [2.45, 2.75) is 57.8 Å². The molecule has 2 aliphatic heterocycles. The molecule has 2 rings (SSSR count). The minimum Gasteiger partial charge on any atom is -0.444 e. The van der Waals surface area contributed by atoms with Crippen molar-refractivity contribution in [1.29, 1.82) is 0 Å². The zero-order valence-corrected chi connectivity index (χ0v) is 14.3. The predicted octanol–water partition coefficient (Wildman–Crippen LogP) is 1.31.